The molecule has 1 aliphatic rings. The molecule has 0 aliphatic heterocycles. The Morgan fingerprint density at radius 3 is 2.04 bits per heavy atom. The van der Waals surface area contributed by atoms with Crippen molar-refractivity contribution >= 4 is 11.9 Å². The Morgan fingerprint density at radius 1 is 0.964 bits per heavy atom. The van der Waals surface area contributed by atoms with E-state index in [0.29, 0.717) is 12.8 Å². The Balaban J connectivity index is 2.64. The fraction of sp³-hybridized carbons (Fsp3) is 0.889. The lowest BCUT2D eigenvalue weighted by Crippen LogP contribution is -2.47. The van der Waals surface area contributed by atoms with Gasteiger partial charge in [-0.2, -0.15) is 17.6 Å². The van der Waals surface area contributed by atoms with Gasteiger partial charge in [0.1, 0.15) is 6.61 Å². The zero-order valence-corrected chi connectivity index (χ0v) is 15.9. The van der Waals surface area contributed by atoms with Gasteiger partial charge < -0.3 is 9.47 Å². The fourth-order valence-electron chi connectivity index (χ4n) is 2.77. The maximum Gasteiger partial charge on any atom is 0.343 e. The molecule has 0 bridgehead atoms. The molecule has 164 valence electrons. The molecule has 0 aromatic rings. The lowest BCUT2D eigenvalue weighted by atomic mass is 9.87. The predicted molar refractivity (Wildman–Crippen MR) is 87.4 cm³/mol. The second-order valence-corrected chi connectivity index (χ2v) is 7.44. The van der Waals surface area contributed by atoms with Crippen molar-refractivity contribution in [3.63, 3.8) is 0 Å². The van der Waals surface area contributed by atoms with Gasteiger partial charge in [0.15, 0.2) is 6.61 Å². The van der Waals surface area contributed by atoms with E-state index >= 15 is 0 Å². The Bertz CT molecular complexity index is 534. The molecule has 0 N–H and O–H groups in total. The SMILES string of the molecule is CCC(C)(COC(=O)C1CCCCC1)C(=O)OCC(F)(F)C(F)(F)CC(F)F. The molecule has 1 atom stereocenters. The van der Waals surface area contributed by atoms with Crippen LogP contribution < -0.4 is 0 Å². The van der Waals surface area contributed by atoms with E-state index in [4.69, 9.17) is 4.74 Å². The van der Waals surface area contributed by atoms with Crippen LogP contribution in [0, 0.1) is 11.3 Å². The van der Waals surface area contributed by atoms with Gasteiger partial charge in [0.2, 0.25) is 6.43 Å². The quantitative estimate of drug-likeness (QED) is 0.369. The summed E-state index contributed by atoms with van der Waals surface area (Å²) in [5, 5.41) is 0. The second-order valence-electron chi connectivity index (χ2n) is 7.44. The minimum absolute atomic E-state index is 0.0305. The van der Waals surface area contributed by atoms with E-state index < -0.39 is 55.3 Å². The Hall–Kier alpha value is -1.48. The van der Waals surface area contributed by atoms with Crippen LogP contribution in [0.5, 0.6) is 0 Å². The Labute approximate surface area is 159 Å². The van der Waals surface area contributed by atoms with Gasteiger partial charge >= 0.3 is 23.8 Å². The second kappa shape index (κ2) is 9.82. The van der Waals surface area contributed by atoms with Crippen LogP contribution in [0.2, 0.25) is 0 Å². The van der Waals surface area contributed by atoms with Crippen LogP contribution in [0.4, 0.5) is 26.3 Å². The monoisotopic (exact) mass is 420 g/mol. The van der Waals surface area contributed by atoms with Gasteiger partial charge in [0, 0.05) is 0 Å². The molecule has 0 saturated heterocycles. The molecule has 0 aromatic carbocycles. The molecule has 1 fully saturated rings. The van der Waals surface area contributed by atoms with Crippen molar-refractivity contribution in [1.29, 1.82) is 0 Å². The maximum absolute atomic E-state index is 13.5. The summed E-state index contributed by atoms with van der Waals surface area (Å²) in [6, 6.07) is 0. The van der Waals surface area contributed by atoms with Gasteiger partial charge in [-0.1, -0.05) is 26.2 Å². The minimum atomic E-state index is -5.03. The summed E-state index contributed by atoms with van der Waals surface area (Å²) in [5.41, 5.74) is -1.52. The minimum Gasteiger partial charge on any atom is -0.464 e. The van der Waals surface area contributed by atoms with Crippen molar-refractivity contribution in [2.75, 3.05) is 13.2 Å². The summed E-state index contributed by atoms with van der Waals surface area (Å²) in [6.45, 7) is 0.312. The molecule has 0 aromatic heterocycles. The van der Waals surface area contributed by atoms with E-state index in [0.717, 1.165) is 19.3 Å². The normalized spacial score (nSPS) is 18.6. The number of hydrogen-bond donors (Lipinski definition) is 0. The van der Waals surface area contributed by atoms with E-state index in [-0.39, 0.29) is 12.3 Å². The molecular formula is C18H26F6O4. The lowest BCUT2D eigenvalue weighted by Gasteiger charge is -2.30. The van der Waals surface area contributed by atoms with Crippen LogP contribution in [0.25, 0.3) is 0 Å². The number of hydrogen-bond acceptors (Lipinski definition) is 4. The van der Waals surface area contributed by atoms with E-state index in [2.05, 4.69) is 4.74 Å². The van der Waals surface area contributed by atoms with E-state index in [1.807, 2.05) is 0 Å². The van der Waals surface area contributed by atoms with Crippen LogP contribution in [0.15, 0.2) is 0 Å². The average Bonchev–Trinajstić information content (AvgIpc) is 2.63. The zero-order chi connectivity index (χ0) is 21.6. The van der Waals surface area contributed by atoms with Gasteiger partial charge in [-0.15, -0.1) is 0 Å². The summed E-state index contributed by atoms with van der Waals surface area (Å²) in [5.74, 6) is -12.0. The van der Waals surface area contributed by atoms with Crippen LogP contribution in [0.3, 0.4) is 0 Å². The molecule has 0 heterocycles. The van der Waals surface area contributed by atoms with E-state index in [9.17, 15) is 35.9 Å². The molecule has 1 saturated carbocycles. The number of ether oxygens (including phenoxy) is 2. The van der Waals surface area contributed by atoms with Crippen LogP contribution >= 0.6 is 0 Å². The van der Waals surface area contributed by atoms with Crippen LogP contribution in [-0.2, 0) is 19.1 Å². The number of carbonyl (C=O) groups excluding carboxylic acids is 2. The molecular weight excluding hydrogens is 394 g/mol. The van der Waals surface area contributed by atoms with Gasteiger partial charge in [-0.05, 0) is 26.2 Å². The summed E-state index contributed by atoms with van der Waals surface area (Å²) < 4.78 is 87.1. The number of alkyl halides is 6. The molecule has 28 heavy (non-hydrogen) atoms. The third-order valence-corrected chi connectivity index (χ3v) is 5.07. The highest BCUT2D eigenvalue weighted by Gasteiger charge is 2.58. The average molecular weight is 420 g/mol. The topological polar surface area (TPSA) is 52.6 Å². The van der Waals surface area contributed by atoms with Gasteiger partial charge in [-0.3, -0.25) is 9.59 Å². The number of carbonyl (C=O) groups is 2. The summed E-state index contributed by atoms with van der Waals surface area (Å²) in [4.78, 5) is 24.2. The van der Waals surface area contributed by atoms with Crippen LogP contribution in [0.1, 0.15) is 58.8 Å². The predicted octanol–water partition coefficient (Wildman–Crippen LogP) is 5.00. The zero-order valence-electron chi connectivity index (χ0n) is 15.9. The van der Waals surface area contributed by atoms with Crippen molar-refractivity contribution in [3.05, 3.63) is 0 Å². The Kier molecular flexibility index (Phi) is 8.62. The summed E-state index contributed by atoms with van der Waals surface area (Å²) >= 11 is 0. The largest absolute Gasteiger partial charge is 0.464 e. The summed E-state index contributed by atoms with van der Waals surface area (Å²) in [6.07, 6.45) is -1.84. The first-order chi connectivity index (χ1) is 12.8. The van der Waals surface area contributed by atoms with Gasteiger partial charge in [-0.25, -0.2) is 8.78 Å². The highest BCUT2D eigenvalue weighted by Crippen LogP contribution is 2.39. The van der Waals surface area contributed by atoms with Crippen molar-refractivity contribution < 1.29 is 45.4 Å². The fourth-order valence-corrected chi connectivity index (χ4v) is 2.77. The number of rotatable bonds is 10. The number of esters is 2. The third kappa shape index (κ3) is 6.55. The van der Waals surface area contributed by atoms with Gasteiger partial charge in [0.25, 0.3) is 0 Å². The summed E-state index contributed by atoms with van der Waals surface area (Å²) in [7, 11) is 0. The van der Waals surface area contributed by atoms with Crippen LogP contribution in [-0.4, -0.2) is 43.4 Å². The van der Waals surface area contributed by atoms with Crippen molar-refractivity contribution in [3.8, 4) is 0 Å². The molecule has 1 unspecified atom stereocenters. The molecule has 1 rings (SSSR count). The lowest BCUT2D eigenvalue weighted by molar-refractivity contribution is -0.245. The van der Waals surface area contributed by atoms with Gasteiger partial charge in [0.05, 0.1) is 17.8 Å². The highest BCUT2D eigenvalue weighted by molar-refractivity contribution is 5.78. The highest BCUT2D eigenvalue weighted by atomic mass is 19.3. The first kappa shape index (κ1) is 24.6. The molecule has 10 heteroatoms. The van der Waals surface area contributed by atoms with E-state index in [1.54, 1.807) is 0 Å². The first-order valence-electron chi connectivity index (χ1n) is 9.22. The van der Waals surface area contributed by atoms with Crippen molar-refractivity contribution in [2.24, 2.45) is 11.3 Å². The molecule has 1 aliphatic carbocycles. The molecule has 0 spiro atoms. The molecule has 0 radical (unpaired) electrons. The maximum atomic E-state index is 13.5. The van der Waals surface area contributed by atoms with Crippen molar-refractivity contribution in [1.82, 2.24) is 0 Å². The number of halogens is 6. The Morgan fingerprint density at radius 2 is 1.54 bits per heavy atom. The van der Waals surface area contributed by atoms with E-state index in [1.165, 1.54) is 13.8 Å². The molecule has 4 nitrogen and oxygen atoms in total. The third-order valence-electron chi connectivity index (χ3n) is 5.07. The first-order valence-corrected chi connectivity index (χ1v) is 9.22. The smallest absolute Gasteiger partial charge is 0.343 e. The van der Waals surface area contributed by atoms with Crippen molar-refractivity contribution in [2.45, 2.75) is 77.1 Å². The molecule has 0 amide bonds. The standard InChI is InChI=1S/C18H26F6O4/c1-3-16(2,10-27-14(25)12-7-5-4-6-8-12)15(26)28-11-18(23,24)17(21,22)9-13(19)20/h12-13H,3-11H2,1-2H3.